The van der Waals surface area contributed by atoms with Gasteiger partial charge in [-0.05, 0) is 48.6 Å². The van der Waals surface area contributed by atoms with Crippen LogP contribution in [0.2, 0.25) is 15.1 Å². The molecule has 7 nitrogen and oxygen atoms in total. The van der Waals surface area contributed by atoms with E-state index in [1.165, 1.54) is 17.0 Å². The third-order valence-corrected chi connectivity index (χ3v) is 9.91. The molecule has 1 atom stereocenters. The van der Waals surface area contributed by atoms with E-state index in [1.54, 1.807) is 0 Å². The summed E-state index contributed by atoms with van der Waals surface area (Å²) in [7, 11) is -4.01. The van der Waals surface area contributed by atoms with Gasteiger partial charge in [0, 0.05) is 19.0 Å². The number of carbonyl (C=O) groups is 2. The highest BCUT2D eigenvalue weighted by atomic mass is 35.5. The fourth-order valence-electron chi connectivity index (χ4n) is 5.37. The molecular weight excluding hydrogens is 629 g/mol. The molecule has 11 heteroatoms. The highest BCUT2D eigenvalue weighted by Crippen LogP contribution is 2.36. The van der Waals surface area contributed by atoms with Crippen LogP contribution in [-0.4, -0.2) is 50.0 Å². The monoisotopic (exact) mass is 663 g/mol. The lowest BCUT2D eigenvalue weighted by molar-refractivity contribution is -0.140. The Morgan fingerprint density at radius 1 is 0.907 bits per heavy atom. The molecule has 1 fully saturated rings. The Labute approximate surface area is 269 Å². The fourth-order valence-corrected chi connectivity index (χ4v) is 6.91. The second-order valence-corrected chi connectivity index (χ2v) is 14.1. The van der Waals surface area contributed by atoms with Gasteiger partial charge in [-0.2, -0.15) is 0 Å². The van der Waals surface area contributed by atoms with E-state index in [2.05, 4.69) is 5.32 Å². The molecule has 1 N–H and O–H groups in total. The highest BCUT2D eigenvalue weighted by Gasteiger charge is 2.34. The van der Waals surface area contributed by atoms with Crippen LogP contribution in [0, 0.1) is 6.92 Å². The quantitative estimate of drug-likeness (QED) is 0.228. The van der Waals surface area contributed by atoms with Gasteiger partial charge in [0.25, 0.3) is 0 Å². The van der Waals surface area contributed by atoms with Gasteiger partial charge >= 0.3 is 0 Å². The Morgan fingerprint density at radius 3 is 2.19 bits per heavy atom. The van der Waals surface area contributed by atoms with E-state index in [1.807, 2.05) is 61.5 Å². The molecule has 43 heavy (non-hydrogen) atoms. The average molecular weight is 665 g/mol. The van der Waals surface area contributed by atoms with Crippen molar-refractivity contribution in [3.63, 3.8) is 0 Å². The minimum atomic E-state index is -4.01. The number of anilines is 1. The molecule has 0 saturated heterocycles. The summed E-state index contributed by atoms with van der Waals surface area (Å²) in [6, 6.07) is 18.9. The van der Waals surface area contributed by atoms with Crippen molar-refractivity contribution in [1.82, 2.24) is 10.2 Å². The van der Waals surface area contributed by atoms with Crippen molar-refractivity contribution < 1.29 is 18.0 Å². The molecule has 0 aliphatic heterocycles. The van der Waals surface area contributed by atoms with Gasteiger partial charge in [-0.25, -0.2) is 8.42 Å². The zero-order valence-electron chi connectivity index (χ0n) is 24.2. The van der Waals surface area contributed by atoms with E-state index in [-0.39, 0.29) is 45.7 Å². The zero-order valence-corrected chi connectivity index (χ0v) is 27.3. The van der Waals surface area contributed by atoms with Crippen molar-refractivity contribution in [2.24, 2.45) is 0 Å². The van der Waals surface area contributed by atoms with Gasteiger partial charge in [0.05, 0.1) is 27.0 Å². The van der Waals surface area contributed by atoms with E-state index in [4.69, 9.17) is 34.8 Å². The molecule has 0 radical (unpaired) electrons. The SMILES string of the molecule is Cc1ccccc1CN(C(=O)CN(c1cc(Cl)c(Cl)cc1Cl)S(C)(=O)=O)[C@@H](Cc1ccccc1)C(=O)NC1CCCCC1. The molecule has 0 bridgehead atoms. The number of aryl methyl sites for hydroxylation is 1. The number of benzene rings is 3. The third kappa shape index (κ3) is 8.88. The van der Waals surface area contributed by atoms with E-state index in [0.29, 0.717) is 0 Å². The molecule has 0 unspecified atom stereocenters. The minimum Gasteiger partial charge on any atom is -0.352 e. The number of halogens is 3. The number of carbonyl (C=O) groups excluding carboxylic acids is 2. The number of nitrogens with zero attached hydrogens (tertiary/aromatic N) is 2. The van der Waals surface area contributed by atoms with Crippen LogP contribution in [0.4, 0.5) is 5.69 Å². The van der Waals surface area contributed by atoms with Crippen LogP contribution < -0.4 is 9.62 Å². The van der Waals surface area contributed by atoms with Crippen LogP contribution in [0.15, 0.2) is 66.7 Å². The van der Waals surface area contributed by atoms with Gasteiger partial charge in [-0.3, -0.25) is 13.9 Å². The van der Waals surface area contributed by atoms with Gasteiger partial charge in [0.1, 0.15) is 12.6 Å². The van der Waals surface area contributed by atoms with Crippen LogP contribution in [0.25, 0.3) is 0 Å². The van der Waals surface area contributed by atoms with Crippen molar-refractivity contribution >= 4 is 62.3 Å². The molecule has 2 amide bonds. The van der Waals surface area contributed by atoms with E-state index >= 15 is 0 Å². The molecule has 0 spiro atoms. The second-order valence-electron chi connectivity index (χ2n) is 11.0. The lowest BCUT2D eigenvalue weighted by Crippen LogP contribution is -2.55. The molecule has 1 saturated carbocycles. The van der Waals surface area contributed by atoms with Gasteiger partial charge in [-0.1, -0.05) is 109 Å². The molecule has 1 aliphatic carbocycles. The topological polar surface area (TPSA) is 86.8 Å². The number of hydrogen-bond acceptors (Lipinski definition) is 4. The summed E-state index contributed by atoms with van der Waals surface area (Å²) < 4.78 is 27.0. The fraction of sp³-hybridized carbons (Fsp3) is 0.375. The largest absolute Gasteiger partial charge is 0.352 e. The van der Waals surface area contributed by atoms with Crippen molar-refractivity contribution in [3.05, 3.63) is 98.5 Å². The lowest BCUT2D eigenvalue weighted by Gasteiger charge is -2.35. The van der Waals surface area contributed by atoms with E-state index < -0.39 is 28.5 Å². The molecule has 3 aromatic carbocycles. The highest BCUT2D eigenvalue weighted by molar-refractivity contribution is 7.92. The minimum absolute atomic E-state index is 0.0222. The third-order valence-electron chi connectivity index (χ3n) is 7.76. The number of nitrogens with one attached hydrogen (secondary N) is 1. The van der Waals surface area contributed by atoms with Gasteiger partial charge < -0.3 is 10.2 Å². The first-order chi connectivity index (χ1) is 20.4. The molecule has 3 aromatic rings. The van der Waals surface area contributed by atoms with Crippen molar-refractivity contribution in [2.75, 3.05) is 17.1 Å². The van der Waals surface area contributed by atoms with Gasteiger partial charge in [0.2, 0.25) is 21.8 Å². The summed E-state index contributed by atoms with van der Waals surface area (Å²) in [5, 5.41) is 3.46. The molecule has 0 heterocycles. The number of sulfonamides is 1. The smallest absolute Gasteiger partial charge is 0.244 e. The summed E-state index contributed by atoms with van der Waals surface area (Å²) >= 11 is 18.7. The van der Waals surface area contributed by atoms with Crippen LogP contribution in [-0.2, 0) is 32.6 Å². The summed E-state index contributed by atoms with van der Waals surface area (Å²) in [6.07, 6.45) is 6.21. The zero-order chi connectivity index (χ0) is 31.1. The van der Waals surface area contributed by atoms with Crippen LogP contribution in [0.1, 0.15) is 48.8 Å². The summed E-state index contributed by atoms with van der Waals surface area (Å²) in [4.78, 5) is 29.8. The maximum Gasteiger partial charge on any atom is 0.244 e. The van der Waals surface area contributed by atoms with Crippen molar-refractivity contribution in [1.29, 1.82) is 0 Å². The van der Waals surface area contributed by atoms with E-state index in [9.17, 15) is 18.0 Å². The summed E-state index contributed by atoms with van der Waals surface area (Å²) in [5.74, 6) is -0.827. The summed E-state index contributed by atoms with van der Waals surface area (Å²) in [5.41, 5.74) is 2.69. The molecule has 0 aromatic heterocycles. The van der Waals surface area contributed by atoms with Gasteiger partial charge in [0.15, 0.2) is 0 Å². The second kappa shape index (κ2) is 14.8. The van der Waals surface area contributed by atoms with Crippen molar-refractivity contribution in [3.8, 4) is 0 Å². The summed E-state index contributed by atoms with van der Waals surface area (Å²) in [6.45, 7) is 1.45. The Kier molecular flexibility index (Phi) is 11.4. The average Bonchev–Trinajstić information content (AvgIpc) is 2.97. The first-order valence-corrected chi connectivity index (χ1v) is 17.2. The van der Waals surface area contributed by atoms with Crippen LogP contribution in [0.5, 0.6) is 0 Å². The number of rotatable bonds is 11. The maximum atomic E-state index is 14.3. The van der Waals surface area contributed by atoms with Gasteiger partial charge in [-0.15, -0.1) is 0 Å². The Morgan fingerprint density at radius 2 is 1.53 bits per heavy atom. The maximum absolute atomic E-state index is 14.3. The Bertz CT molecular complexity index is 1550. The standard InChI is InChI=1S/C32H36Cl3N3O4S/c1-22-11-9-10-14-24(22)20-37(31(39)21-38(43(2,41)42)29-19-27(34)26(33)18-28(29)35)30(17-23-12-5-3-6-13-23)32(40)36-25-15-7-4-8-16-25/h3,5-6,9-14,18-19,25,30H,4,7-8,15-17,20-21H2,1-2H3,(H,36,40)/t30-/m0/s1. The lowest BCUT2D eigenvalue weighted by atomic mass is 9.94. The number of amides is 2. The first-order valence-electron chi connectivity index (χ1n) is 14.2. The van der Waals surface area contributed by atoms with E-state index in [0.717, 1.165) is 59.4 Å². The first kappa shape index (κ1) is 33.1. The predicted molar refractivity (Wildman–Crippen MR) is 174 cm³/mol. The molecule has 1 aliphatic rings. The number of hydrogen-bond donors (Lipinski definition) is 1. The molecular formula is C32H36Cl3N3O4S. The van der Waals surface area contributed by atoms with Crippen LogP contribution >= 0.6 is 34.8 Å². The molecule has 230 valence electrons. The predicted octanol–water partition coefficient (Wildman–Crippen LogP) is 6.81. The van der Waals surface area contributed by atoms with Crippen LogP contribution in [0.3, 0.4) is 0 Å². The van der Waals surface area contributed by atoms with Crippen molar-refractivity contribution in [2.45, 2.75) is 64.1 Å². The Balaban J connectivity index is 1.76. The normalized spacial score (nSPS) is 14.6. The Hall–Kier alpha value is -2.78. The molecule has 4 rings (SSSR count).